The number of hydrogen-bond acceptors (Lipinski definition) is 4. The van der Waals surface area contributed by atoms with E-state index in [2.05, 4.69) is 10.2 Å². The first-order valence-corrected chi connectivity index (χ1v) is 9.65. The molecule has 5 heteroatoms. The van der Waals surface area contributed by atoms with E-state index in [1.54, 1.807) is 7.11 Å². The van der Waals surface area contributed by atoms with Gasteiger partial charge in [-0.1, -0.05) is 12.1 Å². The van der Waals surface area contributed by atoms with Crippen LogP contribution in [0.4, 0.5) is 0 Å². The van der Waals surface area contributed by atoms with Gasteiger partial charge in [0.25, 0.3) is 5.91 Å². The van der Waals surface area contributed by atoms with Gasteiger partial charge in [0.2, 0.25) is 0 Å². The van der Waals surface area contributed by atoms with Crippen LogP contribution >= 0.6 is 11.3 Å². The Bertz CT molecular complexity index is 803. The highest BCUT2D eigenvalue weighted by molar-refractivity contribution is 7.21. The Hall–Kier alpha value is -1.59. The van der Waals surface area contributed by atoms with Crippen LogP contribution in [-0.2, 0) is 0 Å². The molecule has 1 atom stereocenters. The quantitative estimate of drug-likeness (QED) is 0.931. The zero-order chi connectivity index (χ0) is 16.3. The fraction of sp³-hybridized carbons (Fsp3) is 0.526. The number of carbonyl (C=O) groups is 1. The van der Waals surface area contributed by atoms with Crippen molar-refractivity contribution in [1.29, 1.82) is 0 Å². The molecule has 3 saturated heterocycles. The molecule has 2 aromatic rings. The summed E-state index contributed by atoms with van der Waals surface area (Å²) >= 11 is 1.54. The van der Waals surface area contributed by atoms with Gasteiger partial charge in [0.15, 0.2) is 0 Å². The number of thiophene rings is 1. The van der Waals surface area contributed by atoms with E-state index in [0.29, 0.717) is 12.0 Å². The van der Waals surface area contributed by atoms with Crippen LogP contribution in [-0.4, -0.2) is 42.6 Å². The molecule has 2 bridgehead atoms. The summed E-state index contributed by atoms with van der Waals surface area (Å²) < 4.78 is 6.48. The van der Waals surface area contributed by atoms with Crippen molar-refractivity contribution < 1.29 is 9.53 Å². The predicted molar refractivity (Wildman–Crippen MR) is 95.9 cm³/mol. The number of fused-ring (bicyclic) bond motifs is 3. The number of nitrogens with zero attached hydrogens (tertiary/aromatic N) is 1. The molecule has 1 aliphatic carbocycles. The minimum absolute atomic E-state index is 0.0864. The van der Waals surface area contributed by atoms with Crippen LogP contribution in [0.1, 0.15) is 35.4 Å². The van der Waals surface area contributed by atoms with Crippen molar-refractivity contribution in [1.82, 2.24) is 10.2 Å². The third-order valence-electron chi connectivity index (χ3n) is 6.22. The highest BCUT2D eigenvalue weighted by Gasteiger charge is 2.60. The molecule has 1 saturated carbocycles. The zero-order valence-corrected chi connectivity index (χ0v) is 14.7. The Morgan fingerprint density at radius 1 is 1.33 bits per heavy atom. The third kappa shape index (κ3) is 2.04. The van der Waals surface area contributed by atoms with Gasteiger partial charge in [0.05, 0.1) is 22.7 Å². The zero-order valence-electron chi connectivity index (χ0n) is 13.9. The van der Waals surface area contributed by atoms with Crippen LogP contribution in [0.3, 0.4) is 0 Å². The first kappa shape index (κ1) is 14.7. The van der Waals surface area contributed by atoms with Crippen molar-refractivity contribution in [3.8, 4) is 5.75 Å². The standard InChI is InChI=1S/C19H22N2O2S/c1-23-14-4-2-3-13-11-15(24-16(13)14)18(22)20-17-12-5-9-21(10-6-12)19(17)7-8-19/h2-4,11-12,17H,5-10H2,1H3,(H,20,22). The normalized spacial score (nSPS) is 29.8. The number of methoxy groups -OCH3 is 1. The van der Waals surface area contributed by atoms with Crippen LogP contribution < -0.4 is 10.1 Å². The van der Waals surface area contributed by atoms with Gasteiger partial charge in [-0.2, -0.15) is 0 Å². The number of ether oxygens (including phenoxy) is 1. The molecule has 1 aromatic carbocycles. The second kappa shape index (κ2) is 5.20. The monoisotopic (exact) mass is 342 g/mol. The molecule has 6 rings (SSSR count). The average molecular weight is 342 g/mol. The number of rotatable bonds is 3. The second-order valence-electron chi connectivity index (χ2n) is 7.37. The van der Waals surface area contributed by atoms with Gasteiger partial charge in [0, 0.05) is 5.54 Å². The fourth-order valence-corrected chi connectivity index (χ4v) is 5.90. The topological polar surface area (TPSA) is 41.6 Å². The number of benzene rings is 1. The predicted octanol–water partition coefficient (Wildman–Crippen LogP) is 3.27. The lowest BCUT2D eigenvalue weighted by atomic mass is 9.77. The lowest BCUT2D eigenvalue weighted by Gasteiger charge is -2.52. The van der Waals surface area contributed by atoms with E-state index in [1.165, 1.54) is 50.1 Å². The summed E-state index contributed by atoms with van der Waals surface area (Å²) in [5.41, 5.74) is 0.283. The van der Waals surface area contributed by atoms with Crippen LogP contribution in [0.5, 0.6) is 5.75 Å². The molecule has 4 heterocycles. The second-order valence-corrected chi connectivity index (χ2v) is 8.42. The van der Waals surface area contributed by atoms with E-state index >= 15 is 0 Å². The van der Waals surface area contributed by atoms with Crippen molar-refractivity contribution in [2.75, 3.05) is 20.2 Å². The molecule has 4 fully saturated rings. The molecule has 126 valence electrons. The summed E-state index contributed by atoms with van der Waals surface area (Å²) in [6.07, 6.45) is 4.95. The Labute approximate surface area is 145 Å². The molecule has 0 radical (unpaired) electrons. The minimum Gasteiger partial charge on any atom is -0.495 e. The van der Waals surface area contributed by atoms with Gasteiger partial charge in [-0.25, -0.2) is 0 Å². The highest BCUT2D eigenvalue weighted by atomic mass is 32.1. The average Bonchev–Trinajstić information content (AvgIpc) is 3.26. The molecule has 1 amide bonds. The van der Waals surface area contributed by atoms with Crippen LogP contribution in [0, 0.1) is 5.92 Å². The molecule has 1 N–H and O–H groups in total. The first-order chi connectivity index (χ1) is 11.7. The summed E-state index contributed by atoms with van der Waals surface area (Å²) in [6.45, 7) is 2.44. The molecule has 1 aromatic heterocycles. The molecular formula is C19H22N2O2S. The summed E-state index contributed by atoms with van der Waals surface area (Å²) in [6, 6.07) is 8.30. The largest absolute Gasteiger partial charge is 0.495 e. The van der Waals surface area contributed by atoms with Crippen molar-refractivity contribution >= 4 is 27.3 Å². The van der Waals surface area contributed by atoms with Crippen LogP contribution in [0.15, 0.2) is 24.3 Å². The maximum atomic E-state index is 12.9. The molecule has 24 heavy (non-hydrogen) atoms. The number of piperidine rings is 3. The molecule has 4 nitrogen and oxygen atoms in total. The maximum Gasteiger partial charge on any atom is 0.261 e. The number of nitrogens with one attached hydrogen (secondary N) is 1. The molecular weight excluding hydrogens is 320 g/mol. The summed E-state index contributed by atoms with van der Waals surface area (Å²) in [7, 11) is 1.68. The van der Waals surface area contributed by atoms with E-state index in [9.17, 15) is 4.79 Å². The van der Waals surface area contributed by atoms with Gasteiger partial charge >= 0.3 is 0 Å². The molecule has 3 aliphatic heterocycles. The lowest BCUT2D eigenvalue weighted by molar-refractivity contribution is -0.00138. The Morgan fingerprint density at radius 3 is 2.83 bits per heavy atom. The van der Waals surface area contributed by atoms with Crippen molar-refractivity contribution in [3.05, 3.63) is 29.1 Å². The van der Waals surface area contributed by atoms with Gasteiger partial charge in [-0.3, -0.25) is 9.69 Å². The smallest absolute Gasteiger partial charge is 0.261 e. The minimum atomic E-state index is 0.0864. The Balaban J connectivity index is 1.43. The summed E-state index contributed by atoms with van der Waals surface area (Å²) in [5, 5.41) is 4.49. The lowest BCUT2D eigenvalue weighted by Crippen LogP contribution is -2.65. The van der Waals surface area contributed by atoms with E-state index < -0.39 is 0 Å². The van der Waals surface area contributed by atoms with Crippen molar-refractivity contribution in [2.45, 2.75) is 37.3 Å². The third-order valence-corrected chi connectivity index (χ3v) is 7.38. The van der Waals surface area contributed by atoms with E-state index in [-0.39, 0.29) is 11.4 Å². The Kier molecular flexibility index (Phi) is 3.19. The van der Waals surface area contributed by atoms with Gasteiger partial charge in [0.1, 0.15) is 5.75 Å². The highest BCUT2D eigenvalue weighted by Crippen LogP contribution is 2.53. The summed E-state index contributed by atoms with van der Waals surface area (Å²) in [4.78, 5) is 16.3. The molecule has 1 spiro atoms. The SMILES string of the molecule is COc1cccc2cc(C(=O)NC3C4CCN(CC4)C34CC4)sc12. The molecule has 1 unspecified atom stereocenters. The first-order valence-electron chi connectivity index (χ1n) is 8.84. The van der Waals surface area contributed by atoms with Crippen LogP contribution in [0.2, 0.25) is 0 Å². The van der Waals surface area contributed by atoms with E-state index in [4.69, 9.17) is 4.74 Å². The number of amides is 1. The number of hydrogen-bond donors (Lipinski definition) is 1. The van der Waals surface area contributed by atoms with E-state index in [0.717, 1.165) is 20.7 Å². The van der Waals surface area contributed by atoms with Gasteiger partial charge in [-0.15, -0.1) is 11.3 Å². The van der Waals surface area contributed by atoms with Crippen LogP contribution in [0.25, 0.3) is 10.1 Å². The van der Waals surface area contributed by atoms with E-state index in [1.807, 2.05) is 24.3 Å². The van der Waals surface area contributed by atoms with Gasteiger partial charge < -0.3 is 10.1 Å². The fourth-order valence-electron chi connectivity index (χ4n) is 4.84. The van der Waals surface area contributed by atoms with Gasteiger partial charge in [-0.05, 0) is 62.2 Å². The maximum absolute atomic E-state index is 12.9. The molecule has 4 aliphatic rings. The number of carbonyl (C=O) groups excluding carboxylic acids is 1. The van der Waals surface area contributed by atoms with Crippen molar-refractivity contribution in [3.63, 3.8) is 0 Å². The van der Waals surface area contributed by atoms with Crippen molar-refractivity contribution in [2.24, 2.45) is 5.92 Å². The summed E-state index contributed by atoms with van der Waals surface area (Å²) in [5.74, 6) is 1.59. The Morgan fingerprint density at radius 2 is 2.12 bits per heavy atom.